The molecule has 1 aliphatic rings. The quantitative estimate of drug-likeness (QED) is 0.419. The molecule has 0 bridgehead atoms. The summed E-state index contributed by atoms with van der Waals surface area (Å²) in [5.74, 6) is 0. The monoisotopic (exact) mass is 70.1 g/mol. The van der Waals surface area contributed by atoms with Crippen molar-refractivity contribution < 1.29 is 0 Å². The van der Waals surface area contributed by atoms with Crippen LogP contribution in [-0.4, -0.2) is 11.9 Å². The van der Waals surface area contributed by atoms with Gasteiger partial charge in [-0.05, 0) is 6.92 Å². The van der Waals surface area contributed by atoms with Crippen LogP contribution in [0.2, 0.25) is 0 Å². The molecule has 0 fully saturated rings. The molecule has 0 spiro atoms. The molecule has 2 nitrogen and oxygen atoms in total. The highest BCUT2D eigenvalue weighted by Gasteiger charge is 2.22. The molecule has 0 saturated carbocycles. The number of hydrogen-bond acceptors (Lipinski definition) is 2. The van der Waals surface area contributed by atoms with E-state index in [0.717, 1.165) is 0 Å². The van der Waals surface area contributed by atoms with E-state index in [9.17, 15) is 0 Å². The lowest BCUT2D eigenvalue weighted by molar-refractivity contribution is 0.784. The summed E-state index contributed by atoms with van der Waals surface area (Å²) in [7, 11) is 0. The topological polar surface area (TPSA) is 38.4 Å². The molecule has 0 radical (unpaired) electrons. The molecule has 0 aliphatic carbocycles. The zero-order valence-corrected chi connectivity index (χ0v) is 3.10. The molecule has 0 saturated heterocycles. The number of nitrogens with zero attached hydrogens (tertiary/aromatic N) is 1. The zero-order chi connectivity index (χ0) is 3.91. The second kappa shape index (κ2) is 0.431. The standard InChI is InChI=1S/C3H6N2/c1-3(4)2-5-3/h2H,4H2,1H3. The van der Waals surface area contributed by atoms with Gasteiger partial charge in [-0.1, -0.05) is 0 Å². The van der Waals surface area contributed by atoms with Crippen molar-refractivity contribution in [1.82, 2.24) is 0 Å². The molecule has 1 heterocycles. The Balaban J connectivity index is 2.47. The van der Waals surface area contributed by atoms with Crippen LogP contribution in [0.5, 0.6) is 0 Å². The second-order valence-corrected chi connectivity index (χ2v) is 1.48. The Morgan fingerprint density at radius 1 is 2.00 bits per heavy atom. The summed E-state index contributed by atoms with van der Waals surface area (Å²) in [6.45, 7) is 1.85. The van der Waals surface area contributed by atoms with E-state index in [0.29, 0.717) is 0 Å². The highest BCUT2D eigenvalue weighted by Crippen LogP contribution is 2.07. The lowest BCUT2D eigenvalue weighted by Gasteiger charge is -1.86. The third kappa shape index (κ3) is 0.450. The largest absolute Gasteiger partial charge is 0.303 e. The van der Waals surface area contributed by atoms with Crippen LogP contribution in [0.4, 0.5) is 0 Å². The van der Waals surface area contributed by atoms with E-state index < -0.39 is 0 Å². The fraction of sp³-hybridized carbons (Fsp3) is 0.667. The van der Waals surface area contributed by atoms with Gasteiger partial charge in [0.2, 0.25) is 0 Å². The molecule has 0 aromatic heterocycles. The lowest BCUT2D eigenvalue weighted by atomic mass is 10.4. The van der Waals surface area contributed by atoms with Gasteiger partial charge in [0, 0.05) is 6.21 Å². The molecule has 0 aromatic carbocycles. The van der Waals surface area contributed by atoms with Gasteiger partial charge in [-0.15, -0.1) is 0 Å². The molecule has 2 N–H and O–H groups in total. The molecule has 1 unspecified atom stereocenters. The van der Waals surface area contributed by atoms with Crippen molar-refractivity contribution in [3.63, 3.8) is 0 Å². The van der Waals surface area contributed by atoms with Gasteiger partial charge in [0.1, 0.15) is 5.66 Å². The van der Waals surface area contributed by atoms with Crippen LogP contribution < -0.4 is 5.73 Å². The minimum absolute atomic E-state index is 0.250. The summed E-state index contributed by atoms with van der Waals surface area (Å²) in [5.41, 5.74) is 4.99. The van der Waals surface area contributed by atoms with Gasteiger partial charge in [-0.2, -0.15) is 0 Å². The Morgan fingerprint density at radius 2 is 2.20 bits per heavy atom. The van der Waals surface area contributed by atoms with Gasteiger partial charge in [0.05, 0.1) is 0 Å². The van der Waals surface area contributed by atoms with Crippen molar-refractivity contribution in [3.8, 4) is 0 Å². The third-order valence-corrected chi connectivity index (χ3v) is 0.536. The molecular weight excluding hydrogens is 64.0 g/mol. The molecule has 1 rings (SSSR count). The fourth-order valence-corrected chi connectivity index (χ4v) is 0.102. The Kier molecular flexibility index (Phi) is 0.245. The van der Waals surface area contributed by atoms with Gasteiger partial charge < -0.3 is 5.73 Å². The minimum atomic E-state index is -0.250. The average Bonchev–Trinajstić information content (AvgIpc) is 1.76. The van der Waals surface area contributed by atoms with E-state index in [2.05, 4.69) is 4.99 Å². The molecule has 1 atom stereocenters. The van der Waals surface area contributed by atoms with Crippen molar-refractivity contribution >= 4 is 6.21 Å². The number of hydrogen-bond donors (Lipinski definition) is 1. The van der Waals surface area contributed by atoms with Gasteiger partial charge in [-0.3, -0.25) is 4.99 Å². The normalized spacial score (nSPS) is 46.0. The Bertz CT molecular complexity index is 65.0. The first-order valence-corrected chi connectivity index (χ1v) is 1.56. The molecule has 2 heteroatoms. The smallest absolute Gasteiger partial charge is 0.140 e. The summed E-state index contributed by atoms with van der Waals surface area (Å²) in [4.78, 5) is 3.69. The Morgan fingerprint density at radius 3 is 2.20 bits per heavy atom. The lowest BCUT2D eigenvalue weighted by Crippen LogP contribution is -2.19. The van der Waals surface area contributed by atoms with Crippen molar-refractivity contribution in [2.24, 2.45) is 10.7 Å². The summed E-state index contributed by atoms with van der Waals surface area (Å²) in [5, 5.41) is 0. The summed E-state index contributed by atoms with van der Waals surface area (Å²) in [6.07, 6.45) is 1.72. The van der Waals surface area contributed by atoms with Crippen molar-refractivity contribution in [2.45, 2.75) is 12.6 Å². The molecular formula is C3H6N2. The predicted octanol–water partition coefficient (Wildman–Crippen LogP) is -0.254. The van der Waals surface area contributed by atoms with Crippen molar-refractivity contribution in [1.29, 1.82) is 0 Å². The van der Waals surface area contributed by atoms with Gasteiger partial charge in [0.15, 0.2) is 0 Å². The van der Waals surface area contributed by atoms with E-state index in [1.807, 2.05) is 6.92 Å². The number of aliphatic imine (C=N–C) groups is 1. The maximum absolute atomic E-state index is 5.24. The number of rotatable bonds is 0. The van der Waals surface area contributed by atoms with Crippen LogP contribution in [0.3, 0.4) is 0 Å². The summed E-state index contributed by atoms with van der Waals surface area (Å²) < 4.78 is 0. The van der Waals surface area contributed by atoms with Crippen LogP contribution >= 0.6 is 0 Å². The molecule has 5 heavy (non-hydrogen) atoms. The Hall–Kier alpha value is -0.370. The summed E-state index contributed by atoms with van der Waals surface area (Å²) in [6, 6.07) is 0. The average molecular weight is 70.1 g/mol. The molecule has 0 aromatic rings. The van der Waals surface area contributed by atoms with E-state index in [1.165, 1.54) is 0 Å². The first-order valence-electron chi connectivity index (χ1n) is 1.56. The van der Waals surface area contributed by atoms with Crippen molar-refractivity contribution in [2.75, 3.05) is 0 Å². The Labute approximate surface area is 30.7 Å². The second-order valence-electron chi connectivity index (χ2n) is 1.48. The number of nitrogens with two attached hydrogens (primary N) is 1. The molecule has 0 amide bonds. The SMILES string of the molecule is CC1(N)C=N1. The van der Waals surface area contributed by atoms with Crippen LogP contribution in [0.25, 0.3) is 0 Å². The van der Waals surface area contributed by atoms with Crippen LogP contribution in [0.15, 0.2) is 4.99 Å². The third-order valence-electron chi connectivity index (χ3n) is 0.536. The van der Waals surface area contributed by atoms with E-state index in [-0.39, 0.29) is 5.66 Å². The van der Waals surface area contributed by atoms with Crippen LogP contribution in [0, 0.1) is 0 Å². The minimum Gasteiger partial charge on any atom is -0.303 e. The van der Waals surface area contributed by atoms with Gasteiger partial charge in [0.25, 0.3) is 0 Å². The maximum Gasteiger partial charge on any atom is 0.140 e. The van der Waals surface area contributed by atoms with Crippen molar-refractivity contribution in [3.05, 3.63) is 0 Å². The van der Waals surface area contributed by atoms with E-state index in [4.69, 9.17) is 5.73 Å². The molecule has 28 valence electrons. The molecule has 1 aliphatic heterocycles. The van der Waals surface area contributed by atoms with Gasteiger partial charge in [-0.25, -0.2) is 0 Å². The first kappa shape index (κ1) is 2.85. The van der Waals surface area contributed by atoms with E-state index >= 15 is 0 Å². The predicted molar refractivity (Wildman–Crippen MR) is 21.1 cm³/mol. The van der Waals surface area contributed by atoms with Crippen LogP contribution in [-0.2, 0) is 0 Å². The first-order chi connectivity index (χ1) is 2.21. The highest BCUT2D eigenvalue weighted by atomic mass is 15.1. The van der Waals surface area contributed by atoms with Gasteiger partial charge >= 0.3 is 0 Å². The maximum atomic E-state index is 5.24. The van der Waals surface area contributed by atoms with E-state index in [1.54, 1.807) is 6.21 Å². The highest BCUT2D eigenvalue weighted by molar-refractivity contribution is 5.82. The fourth-order valence-electron chi connectivity index (χ4n) is 0.102. The summed E-state index contributed by atoms with van der Waals surface area (Å²) >= 11 is 0. The zero-order valence-electron chi connectivity index (χ0n) is 3.10. The van der Waals surface area contributed by atoms with Crippen LogP contribution in [0.1, 0.15) is 6.92 Å².